The van der Waals surface area contributed by atoms with Crippen LogP contribution in [0.15, 0.2) is 60.7 Å². The minimum atomic E-state index is -0.305. The van der Waals surface area contributed by atoms with E-state index in [1.54, 1.807) is 18.2 Å². The van der Waals surface area contributed by atoms with Crippen molar-refractivity contribution >= 4 is 12.0 Å². The van der Waals surface area contributed by atoms with Gasteiger partial charge >= 0.3 is 5.97 Å². The van der Waals surface area contributed by atoms with E-state index >= 15 is 0 Å². The fraction of sp³-hybridized carbons (Fsp3) is 0.235. The Morgan fingerprint density at radius 1 is 1.32 bits per heavy atom. The van der Waals surface area contributed by atoms with Crippen LogP contribution in [0.1, 0.15) is 25.3 Å². The lowest BCUT2D eigenvalue weighted by Crippen LogP contribution is -2.07. The van der Waals surface area contributed by atoms with Crippen LogP contribution >= 0.6 is 0 Å². The van der Waals surface area contributed by atoms with Crippen molar-refractivity contribution in [2.75, 3.05) is 6.61 Å². The number of esters is 1. The van der Waals surface area contributed by atoms with Gasteiger partial charge in [0.1, 0.15) is 0 Å². The lowest BCUT2D eigenvalue weighted by molar-refractivity contribution is -0.138. The van der Waals surface area contributed by atoms with Crippen molar-refractivity contribution in [1.82, 2.24) is 0 Å². The van der Waals surface area contributed by atoms with Gasteiger partial charge < -0.3 is 4.74 Å². The van der Waals surface area contributed by atoms with Gasteiger partial charge in [0.2, 0.25) is 0 Å². The molecule has 0 spiro atoms. The quantitative estimate of drug-likeness (QED) is 0.317. The number of allylic oxidation sites excluding steroid dienone is 2. The summed E-state index contributed by atoms with van der Waals surface area (Å²) in [6.07, 6.45) is 8.78. The summed E-state index contributed by atoms with van der Waals surface area (Å²) in [4.78, 5) is 11.8. The lowest BCUT2D eigenvalue weighted by atomic mass is 10.1. The number of carbonyl (C=O) groups is 1. The molecule has 0 aliphatic carbocycles. The third kappa shape index (κ3) is 5.87. The fourth-order valence-electron chi connectivity index (χ4n) is 1.46. The normalized spacial score (nSPS) is 11.5. The molecule has 0 bridgehead atoms. The van der Waals surface area contributed by atoms with Gasteiger partial charge in [-0.3, -0.25) is 0 Å². The predicted octanol–water partition coefficient (Wildman–Crippen LogP) is 4.16. The largest absolute Gasteiger partial charge is 0.462 e. The number of hydrogen-bond donors (Lipinski definition) is 0. The molecule has 100 valence electrons. The topological polar surface area (TPSA) is 26.3 Å². The maximum absolute atomic E-state index is 11.8. The van der Waals surface area contributed by atoms with Crippen LogP contribution in [0.5, 0.6) is 0 Å². The molecule has 0 unspecified atom stereocenters. The molecule has 1 aromatic rings. The second kappa shape index (κ2) is 8.92. The van der Waals surface area contributed by atoms with E-state index in [1.165, 1.54) is 0 Å². The van der Waals surface area contributed by atoms with E-state index in [2.05, 4.69) is 13.5 Å². The van der Waals surface area contributed by atoms with Crippen LogP contribution in [0, 0.1) is 0 Å². The van der Waals surface area contributed by atoms with E-state index < -0.39 is 0 Å². The fourth-order valence-corrected chi connectivity index (χ4v) is 1.46. The van der Waals surface area contributed by atoms with Crippen LogP contribution in [0.4, 0.5) is 0 Å². The molecule has 0 heterocycles. The Bertz CT molecular complexity index is 455. The molecule has 1 rings (SSSR count). The smallest absolute Gasteiger partial charge is 0.338 e. The van der Waals surface area contributed by atoms with Gasteiger partial charge in [0.25, 0.3) is 0 Å². The summed E-state index contributed by atoms with van der Waals surface area (Å²) in [6, 6.07) is 9.82. The monoisotopic (exact) mass is 256 g/mol. The van der Waals surface area contributed by atoms with Crippen molar-refractivity contribution in [3.05, 3.63) is 66.3 Å². The third-order valence-corrected chi connectivity index (χ3v) is 2.52. The molecule has 1 aromatic carbocycles. The van der Waals surface area contributed by atoms with E-state index in [4.69, 9.17) is 4.74 Å². The molecule has 0 N–H and O–H groups in total. The lowest BCUT2D eigenvalue weighted by Gasteiger charge is -2.04. The first-order valence-electron chi connectivity index (χ1n) is 6.51. The highest BCUT2D eigenvalue weighted by Crippen LogP contribution is 2.07. The Hall–Kier alpha value is -2.09. The maximum Gasteiger partial charge on any atom is 0.338 e. The van der Waals surface area contributed by atoms with E-state index in [9.17, 15) is 4.79 Å². The highest BCUT2D eigenvalue weighted by Gasteiger charge is 2.06. The zero-order valence-corrected chi connectivity index (χ0v) is 11.3. The van der Waals surface area contributed by atoms with Crippen molar-refractivity contribution in [3.8, 4) is 0 Å². The van der Waals surface area contributed by atoms with Crippen molar-refractivity contribution in [1.29, 1.82) is 0 Å². The van der Waals surface area contributed by atoms with Gasteiger partial charge in [0.15, 0.2) is 0 Å². The minimum Gasteiger partial charge on any atom is -0.462 e. The Morgan fingerprint density at radius 2 is 2.05 bits per heavy atom. The Morgan fingerprint density at radius 3 is 2.68 bits per heavy atom. The molecular formula is C17H20O2. The molecule has 0 aliphatic heterocycles. The summed E-state index contributed by atoms with van der Waals surface area (Å²) in [6.45, 7) is 6.14. The summed E-state index contributed by atoms with van der Waals surface area (Å²) in [7, 11) is 0. The van der Waals surface area contributed by atoms with Crippen LogP contribution in [0.25, 0.3) is 6.08 Å². The molecule has 0 aromatic heterocycles. The van der Waals surface area contributed by atoms with E-state index in [1.807, 2.05) is 36.4 Å². The molecule has 0 radical (unpaired) electrons. The summed E-state index contributed by atoms with van der Waals surface area (Å²) in [5.41, 5.74) is 1.55. The molecule has 0 saturated carbocycles. The van der Waals surface area contributed by atoms with E-state index in [-0.39, 0.29) is 5.97 Å². The summed E-state index contributed by atoms with van der Waals surface area (Å²) < 4.78 is 5.18. The van der Waals surface area contributed by atoms with Crippen molar-refractivity contribution < 1.29 is 9.53 Å². The molecule has 0 amide bonds. The van der Waals surface area contributed by atoms with Gasteiger partial charge in [-0.2, -0.15) is 0 Å². The molecule has 19 heavy (non-hydrogen) atoms. The first kappa shape index (κ1) is 15.0. The zero-order valence-electron chi connectivity index (χ0n) is 11.3. The Balaban J connectivity index is 2.68. The molecule has 2 nitrogen and oxygen atoms in total. The second-order valence-electron chi connectivity index (χ2n) is 4.09. The summed E-state index contributed by atoms with van der Waals surface area (Å²) in [5.74, 6) is -0.305. The van der Waals surface area contributed by atoms with Gasteiger partial charge in [0.05, 0.1) is 12.2 Å². The first-order chi connectivity index (χ1) is 9.27. The number of hydrogen-bond acceptors (Lipinski definition) is 2. The second-order valence-corrected chi connectivity index (χ2v) is 4.09. The van der Waals surface area contributed by atoms with Crippen LogP contribution in [-0.2, 0) is 9.53 Å². The number of ether oxygens (including phenoxy) is 1. The number of carbonyl (C=O) groups excluding carboxylic acids is 1. The molecular weight excluding hydrogens is 236 g/mol. The number of unbranched alkanes of at least 4 members (excludes halogenated alkanes) is 1. The van der Waals surface area contributed by atoms with Crippen LogP contribution in [0.3, 0.4) is 0 Å². The maximum atomic E-state index is 11.8. The minimum absolute atomic E-state index is 0.305. The van der Waals surface area contributed by atoms with Crippen LogP contribution in [-0.4, -0.2) is 12.6 Å². The molecule has 0 saturated heterocycles. The van der Waals surface area contributed by atoms with E-state index in [0.29, 0.717) is 12.2 Å². The van der Waals surface area contributed by atoms with Crippen LogP contribution < -0.4 is 0 Å². The first-order valence-corrected chi connectivity index (χ1v) is 6.51. The zero-order chi connectivity index (χ0) is 13.9. The van der Waals surface area contributed by atoms with Gasteiger partial charge in [-0.1, -0.05) is 62.4 Å². The van der Waals surface area contributed by atoms with Crippen LogP contribution in [0.2, 0.25) is 0 Å². The van der Waals surface area contributed by atoms with Gasteiger partial charge in [-0.25, -0.2) is 4.79 Å². The third-order valence-electron chi connectivity index (χ3n) is 2.52. The predicted molar refractivity (Wildman–Crippen MR) is 79.6 cm³/mol. The van der Waals surface area contributed by atoms with Crippen molar-refractivity contribution in [2.45, 2.75) is 19.8 Å². The Labute approximate surface area is 115 Å². The summed E-state index contributed by atoms with van der Waals surface area (Å²) >= 11 is 0. The van der Waals surface area contributed by atoms with Crippen molar-refractivity contribution in [3.63, 3.8) is 0 Å². The molecule has 0 aliphatic rings. The van der Waals surface area contributed by atoms with Crippen molar-refractivity contribution in [2.24, 2.45) is 0 Å². The van der Waals surface area contributed by atoms with E-state index in [0.717, 1.165) is 18.4 Å². The number of rotatable bonds is 7. The molecule has 0 fully saturated rings. The average molecular weight is 256 g/mol. The SMILES string of the molecule is C=CC=C(C=Cc1ccccc1)C(=O)OCCCC. The molecule has 2 heteroatoms. The van der Waals surface area contributed by atoms with Gasteiger partial charge in [-0.15, -0.1) is 0 Å². The highest BCUT2D eigenvalue weighted by molar-refractivity contribution is 5.93. The Kier molecular flexibility index (Phi) is 7.03. The summed E-state index contributed by atoms with van der Waals surface area (Å²) in [5, 5.41) is 0. The standard InChI is InChI=1S/C17H20O2/c1-3-5-14-19-17(18)16(9-4-2)13-12-15-10-7-6-8-11-15/h4,6-13H,2-3,5,14H2,1H3. The molecule has 0 atom stereocenters. The van der Waals surface area contributed by atoms with Gasteiger partial charge in [-0.05, 0) is 24.1 Å². The average Bonchev–Trinajstić information content (AvgIpc) is 2.44. The van der Waals surface area contributed by atoms with Gasteiger partial charge in [0, 0.05) is 0 Å². The highest BCUT2D eigenvalue weighted by atomic mass is 16.5. The number of benzene rings is 1.